The molecule has 0 bridgehead atoms. The summed E-state index contributed by atoms with van der Waals surface area (Å²) >= 11 is 1.57. The molecule has 0 saturated heterocycles. The molecule has 1 aromatic heterocycles. The molecule has 1 heterocycles. The van der Waals surface area contributed by atoms with E-state index in [1.807, 2.05) is 19.1 Å². The van der Waals surface area contributed by atoms with Crippen LogP contribution in [-0.4, -0.2) is 21.2 Å². The second-order valence-electron chi connectivity index (χ2n) is 4.38. The lowest BCUT2D eigenvalue weighted by molar-refractivity contribution is 0.414. The van der Waals surface area contributed by atoms with Crippen LogP contribution in [0.2, 0.25) is 0 Å². The van der Waals surface area contributed by atoms with Crippen molar-refractivity contribution in [2.24, 2.45) is 5.10 Å². The van der Waals surface area contributed by atoms with E-state index in [4.69, 9.17) is 4.74 Å². The van der Waals surface area contributed by atoms with Gasteiger partial charge in [0.25, 0.3) is 10.0 Å². The van der Waals surface area contributed by atoms with Gasteiger partial charge in [-0.05, 0) is 50.2 Å². The second kappa shape index (κ2) is 6.28. The molecule has 5 nitrogen and oxygen atoms in total. The molecule has 0 aliphatic carbocycles. The lowest BCUT2D eigenvalue weighted by atomic mass is 10.3. The van der Waals surface area contributed by atoms with Gasteiger partial charge in [-0.2, -0.15) is 18.4 Å². The molecule has 0 aliphatic heterocycles. The zero-order valence-corrected chi connectivity index (χ0v) is 13.6. The van der Waals surface area contributed by atoms with Crippen molar-refractivity contribution < 1.29 is 13.2 Å². The minimum absolute atomic E-state index is 0.141. The number of methoxy groups -OCH3 is 1. The summed E-state index contributed by atoms with van der Waals surface area (Å²) in [5, 5.41) is 3.96. The fourth-order valence-electron chi connectivity index (χ4n) is 1.62. The third kappa shape index (κ3) is 3.83. The molecule has 0 atom stereocenters. The average molecular weight is 324 g/mol. The van der Waals surface area contributed by atoms with Crippen molar-refractivity contribution in [1.29, 1.82) is 0 Å². The zero-order valence-electron chi connectivity index (χ0n) is 12.0. The highest BCUT2D eigenvalue weighted by molar-refractivity contribution is 7.89. The lowest BCUT2D eigenvalue weighted by Crippen LogP contribution is -2.19. The van der Waals surface area contributed by atoms with E-state index in [9.17, 15) is 8.42 Å². The fraction of sp³-hybridized carbons (Fsp3) is 0.214. The van der Waals surface area contributed by atoms with Crippen molar-refractivity contribution in [3.63, 3.8) is 0 Å². The molecule has 0 unspecified atom stereocenters. The molecule has 0 saturated carbocycles. The Morgan fingerprint density at radius 3 is 2.38 bits per heavy atom. The Morgan fingerprint density at radius 1 is 1.19 bits per heavy atom. The highest BCUT2D eigenvalue weighted by Crippen LogP contribution is 2.17. The summed E-state index contributed by atoms with van der Waals surface area (Å²) in [4.78, 5) is 4.47. The number of hydrogen-bond acceptors (Lipinski definition) is 5. The topological polar surface area (TPSA) is 67.8 Å². The molecule has 0 radical (unpaired) electrons. The van der Waals surface area contributed by atoms with E-state index < -0.39 is 10.0 Å². The molecular formula is C14H16N2O3S2. The van der Waals surface area contributed by atoms with Crippen LogP contribution in [0, 0.1) is 6.92 Å². The Kier molecular flexibility index (Phi) is 4.64. The van der Waals surface area contributed by atoms with Crippen LogP contribution < -0.4 is 9.57 Å². The summed E-state index contributed by atoms with van der Waals surface area (Å²) < 4.78 is 29.2. The summed E-state index contributed by atoms with van der Waals surface area (Å²) in [5.41, 5.74) is 0.630. The van der Waals surface area contributed by atoms with Crippen LogP contribution in [0.15, 0.2) is 46.4 Å². The van der Waals surface area contributed by atoms with Gasteiger partial charge in [0.2, 0.25) is 0 Å². The SMILES string of the molecule is COc1ccc(S(=O)(=O)NN=C(C)c2ccc(C)s2)cc1. The van der Waals surface area contributed by atoms with Crippen molar-refractivity contribution in [3.05, 3.63) is 46.2 Å². The van der Waals surface area contributed by atoms with E-state index in [1.54, 1.807) is 30.4 Å². The smallest absolute Gasteiger partial charge is 0.276 e. The fourth-order valence-corrected chi connectivity index (χ4v) is 3.29. The second-order valence-corrected chi connectivity index (χ2v) is 7.33. The Bertz CT molecular complexity index is 747. The Balaban J connectivity index is 2.17. The molecule has 0 fully saturated rings. The van der Waals surface area contributed by atoms with Gasteiger partial charge in [-0.25, -0.2) is 0 Å². The average Bonchev–Trinajstić information content (AvgIpc) is 2.91. The molecule has 21 heavy (non-hydrogen) atoms. The third-order valence-corrected chi connectivity index (χ3v) is 5.13. The van der Waals surface area contributed by atoms with E-state index in [2.05, 4.69) is 9.93 Å². The van der Waals surface area contributed by atoms with E-state index >= 15 is 0 Å². The van der Waals surface area contributed by atoms with Crippen LogP contribution in [0.3, 0.4) is 0 Å². The van der Waals surface area contributed by atoms with Crippen LogP contribution in [0.4, 0.5) is 0 Å². The summed E-state index contributed by atoms with van der Waals surface area (Å²) in [6.45, 7) is 3.75. The molecular weight excluding hydrogens is 308 g/mol. The number of hydrogen-bond donors (Lipinski definition) is 1. The largest absolute Gasteiger partial charge is 0.497 e. The highest BCUT2D eigenvalue weighted by atomic mass is 32.2. The lowest BCUT2D eigenvalue weighted by Gasteiger charge is -2.05. The molecule has 2 rings (SSSR count). The number of ether oxygens (including phenoxy) is 1. The molecule has 0 amide bonds. The maximum Gasteiger partial charge on any atom is 0.276 e. The van der Waals surface area contributed by atoms with Crippen LogP contribution in [-0.2, 0) is 10.0 Å². The minimum atomic E-state index is -3.67. The minimum Gasteiger partial charge on any atom is -0.497 e. The van der Waals surface area contributed by atoms with Crippen LogP contribution in [0.1, 0.15) is 16.7 Å². The first-order valence-corrected chi connectivity index (χ1v) is 8.49. The summed E-state index contributed by atoms with van der Waals surface area (Å²) in [7, 11) is -2.14. The van der Waals surface area contributed by atoms with E-state index in [0.29, 0.717) is 11.5 Å². The number of hydrazone groups is 1. The quantitative estimate of drug-likeness (QED) is 0.679. The van der Waals surface area contributed by atoms with Gasteiger partial charge in [-0.3, -0.25) is 0 Å². The number of thiophene rings is 1. The Hall–Kier alpha value is -1.86. The van der Waals surface area contributed by atoms with Gasteiger partial charge >= 0.3 is 0 Å². The highest BCUT2D eigenvalue weighted by Gasteiger charge is 2.13. The number of rotatable bonds is 5. The third-order valence-electron chi connectivity index (χ3n) is 2.80. The zero-order chi connectivity index (χ0) is 15.5. The maximum atomic E-state index is 12.1. The van der Waals surface area contributed by atoms with E-state index in [1.165, 1.54) is 19.2 Å². The van der Waals surface area contributed by atoms with Gasteiger partial charge in [0, 0.05) is 4.88 Å². The van der Waals surface area contributed by atoms with Gasteiger partial charge in [0.15, 0.2) is 0 Å². The van der Waals surface area contributed by atoms with Gasteiger partial charge in [-0.15, -0.1) is 11.3 Å². The predicted molar refractivity (Wildman–Crippen MR) is 84.6 cm³/mol. The monoisotopic (exact) mass is 324 g/mol. The molecule has 1 N–H and O–H groups in total. The van der Waals surface area contributed by atoms with Crippen LogP contribution in [0.5, 0.6) is 5.75 Å². The van der Waals surface area contributed by atoms with Gasteiger partial charge < -0.3 is 4.74 Å². The number of sulfonamides is 1. The first kappa shape index (κ1) is 15.5. The number of benzene rings is 1. The molecule has 0 aliphatic rings. The predicted octanol–water partition coefficient (Wildman–Crippen LogP) is 2.77. The van der Waals surface area contributed by atoms with Gasteiger partial charge in [-0.1, -0.05) is 0 Å². The first-order chi connectivity index (χ1) is 9.92. The molecule has 112 valence electrons. The first-order valence-electron chi connectivity index (χ1n) is 6.19. The summed E-state index contributed by atoms with van der Waals surface area (Å²) in [6, 6.07) is 10.0. The van der Waals surface area contributed by atoms with Gasteiger partial charge in [0.1, 0.15) is 5.75 Å². The maximum absolute atomic E-state index is 12.1. The van der Waals surface area contributed by atoms with Crippen molar-refractivity contribution in [1.82, 2.24) is 4.83 Å². The van der Waals surface area contributed by atoms with Crippen molar-refractivity contribution >= 4 is 27.1 Å². The van der Waals surface area contributed by atoms with E-state index in [0.717, 1.165) is 9.75 Å². The van der Waals surface area contributed by atoms with E-state index in [-0.39, 0.29) is 4.90 Å². The Labute approximate surface area is 128 Å². The van der Waals surface area contributed by atoms with Crippen molar-refractivity contribution in [2.45, 2.75) is 18.7 Å². The normalized spacial score (nSPS) is 12.2. The molecule has 7 heteroatoms. The van der Waals surface area contributed by atoms with Gasteiger partial charge in [0.05, 0.1) is 22.6 Å². The van der Waals surface area contributed by atoms with Crippen molar-refractivity contribution in [3.8, 4) is 5.75 Å². The summed E-state index contributed by atoms with van der Waals surface area (Å²) in [5.74, 6) is 0.600. The van der Waals surface area contributed by atoms with Crippen LogP contribution >= 0.6 is 11.3 Å². The van der Waals surface area contributed by atoms with Crippen LogP contribution in [0.25, 0.3) is 0 Å². The molecule has 0 spiro atoms. The number of nitrogens with one attached hydrogen (secondary N) is 1. The Morgan fingerprint density at radius 2 is 1.86 bits per heavy atom. The molecule has 1 aromatic carbocycles. The number of aryl methyl sites for hydroxylation is 1. The summed E-state index contributed by atoms with van der Waals surface area (Å²) in [6.07, 6.45) is 0. The number of nitrogens with zero attached hydrogens (tertiary/aromatic N) is 1. The van der Waals surface area contributed by atoms with Crippen molar-refractivity contribution in [2.75, 3.05) is 7.11 Å². The standard InChI is InChI=1S/C14H16N2O3S2/c1-10-4-9-14(20-10)11(2)15-16-21(17,18)13-7-5-12(19-3)6-8-13/h4-9,16H,1-3H3. The molecule has 2 aromatic rings.